The van der Waals surface area contributed by atoms with E-state index in [1.54, 1.807) is 0 Å². The minimum Gasteiger partial charge on any atom is -0.310 e. The molecule has 0 heterocycles. The van der Waals surface area contributed by atoms with Crippen LogP contribution in [0.2, 0.25) is 0 Å². The van der Waals surface area contributed by atoms with Gasteiger partial charge in [0, 0.05) is 12.6 Å². The molecule has 0 amide bonds. The van der Waals surface area contributed by atoms with Crippen molar-refractivity contribution < 1.29 is 0 Å². The zero-order valence-corrected chi connectivity index (χ0v) is 10.7. The summed E-state index contributed by atoms with van der Waals surface area (Å²) in [5.74, 6) is 0. The van der Waals surface area contributed by atoms with Gasteiger partial charge in [-0.05, 0) is 42.4 Å². The Hall–Kier alpha value is -1.33. The average molecular weight is 228 g/mol. The highest BCUT2D eigenvalue weighted by Crippen LogP contribution is 2.36. The maximum Gasteiger partial charge on any atom is 0.0991 e. The molecule has 1 aliphatic rings. The molecule has 2 nitrogen and oxygen atoms in total. The molecule has 0 radical (unpaired) electrons. The lowest BCUT2D eigenvalue weighted by atomic mass is 9.92. The second-order valence-electron chi connectivity index (χ2n) is 5.80. The van der Waals surface area contributed by atoms with Gasteiger partial charge in [0.1, 0.15) is 0 Å². The minimum atomic E-state index is 0.492. The molecule has 1 aliphatic carbocycles. The topological polar surface area (TPSA) is 35.8 Å². The lowest BCUT2D eigenvalue weighted by Crippen LogP contribution is -2.26. The fraction of sp³-hybridized carbons (Fsp3) is 0.533. The monoisotopic (exact) mass is 228 g/mol. The van der Waals surface area contributed by atoms with E-state index in [0.29, 0.717) is 11.5 Å². The van der Waals surface area contributed by atoms with Gasteiger partial charge in [0.05, 0.1) is 11.6 Å². The van der Waals surface area contributed by atoms with Crippen LogP contribution in [0.1, 0.15) is 44.2 Å². The number of benzene rings is 1. The second kappa shape index (κ2) is 4.89. The van der Waals surface area contributed by atoms with Crippen LogP contribution < -0.4 is 5.32 Å². The molecule has 0 spiro atoms. The van der Waals surface area contributed by atoms with Crippen molar-refractivity contribution in [2.24, 2.45) is 5.41 Å². The summed E-state index contributed by atoms with van der Waals surface area (Å²) >= 11 is 0. The fourth-order valence-electron chi connectivity index (χ4n) is 2.62. The number of nitriles is 1. The van der Waals surface area contributed by atoms with Crippen LogP contribution in [0.3, 0.4) is 0 Å². The molecule has 2 rings (SSSR count). The van der Waals surface area contributed by atoms with Crippen LogP contribution in [0.4, 0.5) is 0 Å². The number of nitrogens with zero attached hydrogens (tertiary/aromatic N) is 1. The standard InChI is InChI=1S/C15H20N2/c1-15(2)7-6-14(9-15)17-11-13-5-3-4-12(8-13)10-16/h3-5,8,14,17H,6-7,9,11H2,1-2H3. The van der Waals surface area contributed by atoms with Crippen molar-refractivity contribution in [3.05, 3.63) is 35.4 Å². The molecule has 0 saturated heterocycles. The molecule has 0 aromatic heterocycles. The molecule has 1 N–H and O–H groups in total. The molecule has 1 unspecified atom stereocenters. The zero-order valence-electron chi connectivity index (χ0n) is 10.7. The maximum absolute atomic E-state index is 8.84. The van der Waals surface area contributed by atoms with E-state index < -0.39 is 0 Å². The molecular formula is C15H20N2. The van der Waals surface area contributed by atoms with E-state index >= 15 is 0 Å². The summed E-state index contributed by atoms with van der Waals surface area (Å²) in [6.07, 6.45) is 3.83. The molecule has 1 saturated carbocycles. The number of hydrogen-bond donors (Lipinski definition) is 1. The Morgan fingerprint density at radius 3 is 2.94 bits per heavy atom. The molecule has 1 aromatic carbocycles. The van der Waals surface area contributed by atoms with E-state index in [-0.39, 0.29) is 0 Å². The van der Waals surface area contributed by atoms with Gasteiger partial charge in [0.2, 0.25) is 0 Å². The third-order valence-electron chi connectivity index (χ3n) is 3.62. The van der Waals surface area contributed by atoms with Crippen LogP contribution in [-0.2, 0) is 6.54 Å². The smallest absolute Gasteiger partial charge is 0.0991 e. The van der Waals surface area contributed by atoms with Crippen molar-refractivity contribution in [3.63, 3.8) is 0 Å². The van der Waals surface area contributed by atoms with Crippen LogP contribution >= 0.6 is 0 Å². The van der Waals surface area contributed by atoms with Gasteiger partial charge >= 0.3 is 0 Å². The van der Waals surface area contributed by atoms with Crippen LogP contribution in [0.5, 0.6) is 0 Å². The molecule has 1 atom stereocenters. The first-order valence-electron chi connectivity index (χ1n) is 6.31. The average Bonchev–Trinajstić information content (AvgIpc) is 2.67. The first-order valence-corrected chi connectivity index (χ1v) is 6.31. The quantitative estimate of drug-likeness (QED) is 0.862. The van der Waals surface area contributed by atoms with E-state index in [0.717, 1.165) is 12.1 Å². The Morgan fingerprint density at radius 2 is 2.29 bits per heavy atom. The summed E-state index contributed by atoms with van der Waals surface area (Å²) in [4.78, 5) is 0. The number of rotatable bonds is 3. The van der Waals surface area contributed by atoms with E-state index in [1.807, 2.05) is 18.2 Å². The molecule has 1 fully saturated rings. The Bertz CT molecular complexity index is 429. The summed E-state index contributed by atoms with van der Waals surface area (Å²) in [5, 5.41) is 12.4. The van der Waals surface area contributed by atoms with Crippen LogP contribution in [0.25, 0.3) is 0 Å². The molecule has 17 heavy (non-hydrogen) atoms. The van der Waals surface area contributed by atoms with Gasteiger partial charge in [-0.15, -0.1) is 0 Å². The van der Waals surface area contributed by atoms with E-state index in [9.17, 15) is 0 Å². The Balaban J connectivity index is 1.88. The molecule has 0 aliphatic heterocycles. The first kappa shape index (κ1) is 12.1. The van der Waals surface area contributed by atoms with Crippen molar-refractivity contribution in [2.45, 2.75) is 45.7 Å². The molecule has 0 bridgehead atoms. The Morgan fingerprint density at radius 1 is 1.47 bits per heavy atom. The van der Waals surface area contributed by atoms with Crippen molar-refractivity contribution in [1.29, 1.82) is 5.26 Å². The van der Waals surface area contributed by atoms with Gasteiger partial charge in [-0.25, -0.2) is 0 Å². The van der Waals surface area contributed by atoms with Crippen molar-refractivity contribution >= 4 is 0 Å². The predicted molar refractivity (Wildman–Crippen MR) is 69.4 cm³/mol. The third-order valence-corrected chi connectivity index (χ3v) is 3.62. The van der Waals surface area contributed by atoms with Crippen LogP contribution in [0, 0.1) is 16.7 Å². The minimum absolute atomic E-state index is 0.492. The largest absolute Gasteiger partial charge is 0.310 e. The maximum atomic E-state index is 8.84. The van der Waals surface area contributed by atoms with Crippen LogP contribution in [-0.4, -0.2) is 6.04 Å². The lowest BCUT2D eigenvalue weighted by molar-refractivity contribution is 0.364. The highest BCUT2D eigenvalue weighted by atomic mass is 14.9. The van der Waals surface area contributed by atoms with Crippen molar-refractivity contribution in [2.75, 3.05) is 0 Å². The first-order chi connectivity index (χ1) is 8.09. The SMILES string of the molecule is CC1(C)CCC(NCc2cccc(C#N)c2)C1. The molecular weight excluding hydrogens is 208 g/mol. The van der Waals surface area contributed by atoms with Crippen LogP contribution in [0.15, 0.2) is 24.3 Å². The third kappa shape index (κ3) is 3.31. The molecule has 90 valence electrons. The van der Waals surface area contributed by atoms with Gasteiger partial charge in [0.25, 0.3) is 0 Å². The summed E-state index contributed by atoms with van der Waals surface area (Å²) in [7, 11) is 0. The van der Waals surface area contributed by atoms with Gasteiger partial charge in [0.15, 0.2) is 0 Å². The van der Waals surface area contributed by atoms with Crippen molar-refractivity contribution in [1.82, 2.24) is 5.32 Å². The predicted octanol–water partition coefficient (Wildman–Crippen LogP) is 3.23. The van der Waals surface area contributed by atoms with E-state index in [1.165, 1.54) is 24.8 Å². The van der Waals surface area contributed by atoms with Gasteiger partial charge in [-0.1, -0.05) is 26.0 Å². The fourth-order valence-corrected chi connectivity index (χ4v) is 2.62. The zero-order chi connectivity index (χ0) is 12.3. The van der Waals surface area contributed by atoms with Gasteiger partial charge in [-0.2, -0.15) is 5.26 Å². The van der Waals surface area contributed by atoms with Gasteiger partial charge < -0.3 is 5.32 Å². The summed E-state index contributed by atoms with van der Waals surface area (Å²) in [6, 6.07) is 10.7. The highest BCUT2D eigenvalue weighted by molar-refractivity contribution is 5.32. The lowest BCUT2D eigenvalue weighted by Gasteiger charge is -2.18. The van der Waals surface area contributed by atoms with Gasteiger partial charge in [-0.3, -0.25) is 0 Å². The summed E-state index contributed by atoms with van der Waals surface area (Å²) < 4.78 is 0. The van der Waals surface area contributed by atoms with E-state index in [4.69, 9.17) is 5.26 Å². The number of hydrogen-bond acceptors (Lipinski definition) is 2. The van der Waals surface area contributed by atoms with E-state index in [2.05, 4.69) is 31.3 Å². The highest BCUT2D eigenvalue weighted by Gasteiger charge is 2.30. The normalized spacial score (nSPS) is 22.3. The second-order valence-corrected chi connectivity index (χ2v) is 5.80. The summed E-state index contributed by atoms with van der Waals surface area (Å²) in [6.45, 7) is 5.55. The molecule has 2 heteroatoms. The molecule has 1 aromatic rings. The van der Waals surface area contributed by atoms with Crippen molar-refractivity contribution in [3.8, 4) is 6.07 Å². The number of nitrogens with one attached hydrogen (secondary N) is 1. The Kier molecular flexibility index (Phi) is 3.49. The summed E-state index contributed by atoms with van der Waals surface area (Å²) in [5.41, 5.74) is 2.44. The Labute approximate surface area is 104 Å².